The first kappa shape index (κ1) is 17.3. The van der Waals surface area contributed by atoms with Crippen molar-refractivity contribution in [2.75, 3.05) is 5.75 Å². The van der Waals surface area contributed by atoms with Crippen molar-refractivity contribution in [2.24, 2.45) is 5.84 Å². The van der Waals surface area contributed by atoms with E-state index < -0.39 is 0 Å². The third-order valence-electron chi connectivity index (χ3n) is 2.86. The number of unbranched alkanes of at least 4 members (excludes halogenated alkanes) is 5. The maximum atomic E-state index is 5.60. The van der Waals surface area contributed by atoms with Crippen molar-refractivity contribution in [3.8, 4) is 0 Å². The zero-order valence-corrected chi connectivity index (χ0v) is 13.0. The highest BCUT2D eigenvalue weighted by atomic mass is 32.2. The summed E-state index contributed by atoms with van der Waals surface area (Å²) < 4.78 is 0.343. The molecule has 1 unspecified atom stereocenters. The summed E-state index contributed by atoms with van der Waals surface area (Å²) in [4.78, 5) is 0. The first-order valence-corrected chi connectivity index (χ1v) is 8.08. The summed E-state index contributed by atoms with van der Waals surface area (Å²) >= 11 is 2.00. The van der Waals surface area contributed by atoms with E-state index in [1.54, 1.807) is 0 Å². The Morgan fingerprint density at radius 1 is 1.06 bits per heavy atom. The largest absolute Gasteiger partial charge is 0.271 e. The lowest BCUT2D eigenvalue weighted by molar-refractivity contribution is 0.493. The molecule has 0 spiro atoms. The van der Waals surface area contributed by atoms with E-state index in [4.69, 9.17) is 5.84 Å². The number of thioether (sulfide) groups is 1. The maximum Gasteiger partial charge on any atom is 0.0301 e. The van der Waals surface area contributed by atoms with Gasteiger partial charge in [0, 0.05) is 16.5 Å². The fourth-order valence-electron chi connectivity index (χ4n) is 1.74. The molecule has 0 aliphatic heterocycles. The zero-order chi connectivity index (χ0) is 13.1. The van der Waals surface area contributed by atoms with Crippen LogP contribution >= 0.6 is 11.8 Å². The van der Waals surface area contributed by atoms with Crippen LogP contribution in [0.1, 0.15) is 72.6 Å². The topological polar surface area (TPSA) is 38.0 Å². The van der Waals surface area contributed by atoms with Gasteiger partial charge >= 0.3 is 0 Å². The highest BCUT2D eigenvalue weighted by Crippen LogP contribution is 2.24. The van der Waals surface area contributed by atoms with Crippen LogP contribution in [0, 0.1) is 0 Å². The Morgan fingerprint density at radius 2 is 1.65 bits per heavy atom. The van der Waals surface area contributed by atoms with Crippen molar-refractivity contribution in [2.45, 2.75) is 83.4 Å². The van der Waals surface area contributed by atoms with Crippen LogP contribution in [0.5, 0.6) is 0 Å². The molecule has 0 rings (SSSR count). The van der Waals surface area contributed by atoms with Gasteiger partial charge in [-0.25, -0.2) is 0 Å². The monoisotopic (exact) mass is 260 g/mol. The van der Waals surface area contributed by atoms with E-state index in [0.29, 0.717) is 10.8 Å². The van der Waals surface area contributed by atoms with Crippen molar-refractivity contribution in [1.29, 1.82) is 0 Å². The lowest BCUT2D eigenvalue weighted by Gasteiger charge is -2.22. The highest BCUT2D eigenvalue weighted by molar-refractivity contribution is 8.00. The van der Waals surface area contributed by atoms with Gasteiger partial charge in [-0.15, -0.1) is 0 Å². The standard InChI is InChI=1S/C14H32N2S/c1-5-6-7-8-9-10-11-13(16-15)12-17-14(2,3)4/h13,16H,5-12,15H2,1-4H3. The SMILES string of the molecule is CCCCCCCCC(CSC(C)(C)C)NN. The summed E-state index contributed by atoms with van der Waals surface area (Å²) in [6.45, 7) is 9.04. The van der Waals surface area contributed by atoms with E-state index in [1.807, 2.05) is 11.8 Å². The Kier molecular flexibility index (Phi) is 10.4. The fraction of sp³-hybridized carbons (Fsp3) is 1.00. The zero-order valence-electron chi connectivity index (χ0n) is 12.2. The minimum absolute atomic E-state index is 0.343. The van der Waals surface area contributed by atoms with Gasteiger partial charge in [0.1, 0.15) is 0 Å². The van der Waals surface area contributed by atoms with Crippen LogP contribution in [0.25, 0.3) is 0 Å². The normalized spacial score (nSPS) is 13.9. The minimum atomic E-state index is 0.343. The van der Waals surface area contributed by atoms with Crippen LogP contribution in [-0.4, -0.2) is 16.5 Å². The molecule has 2 nitrogen and oxygen atoms in total. The molecule has 17 heavy (non-hydrogen) atoms. The molecule has 0 radical (unpaired) electrons. The molecular weight excluding hydrogens is 228 g/mol. The Balaban J connectivity index is 3.48. The lowest BCUT2D eigenvalue weighted by atomic mass is 10.1. The van der Waals surface area contributed by atoms with Gasteiger partial charge in [-0.3, -0.25) is 11.3 Å². The number of hydrazine groups is 1. The second-order valence-corrected chi connectivity index (χ2v) is 7.69. The average molecular weight is 260 g/mol. The predicted molar refractivity (Wildman–Crippen MR) is 81.3 cm³/mol. The molecule has 0 aromatic carbocycles. The quantitative estimate of drug-likeness (QED) is 0.353. The summed E-state index contributed by atoms with van der Waals surface area (Å²) in [6.07, 6.45) is 9.38. The predicted octanol–water partition coefficient (Wildman–Crippen LogP) is 4.10. The van der Waals surface area contributed by atoms with Crippen molar-refractivity contribution in [3.63, 3.8) is 0 Å². The van der Waals surface area contributed by atoms with Gasteiger partial charge < -0.3 is 0 Å². The minimum Gasteiger partial charge on any atom is -0.271 e. The maximum absolute atomic E-state index is 5.60. The lowest BCUT2D eigenvalue weighted by Crippen LogP contribution is -2.37. The Hall–Kier alpha value is 0.270. The van der Waals surface area contributed by atoms with Crippen molar-refractivity contribution < 1.29 is 0 Å². The second-order valence-electron chi connectivity index (χ2n) is 5.84. The first-order valence-electron chi connectivity index (χ1n) is 7.09. The number of rotatable bonds is 10. The third kappa shape index (κ3) is 12.5. The number of nitrogens with two attached hydrogens (primary N) is 1. The molecule has 0 saturated carbocycles. The molecule has 0 aromatic rings. The van der Waals surface area contributed by atoms with Crippen molar-refractivity contribution >= 4 is 11.8 Å². The molecule has 3 N–H and O–H groups in total. The van der Waals surface area contributed by atoms with Gasteiger partial charge in [-0.2, -0.15) is 11.8 Å². The molecule has 0 bridgehead atoms. The summed E-state index contributed by atoms with van der Waals surface area (Å²) in [5.74, 6) is 6.72. The van der Waals surface area contributed by atoms with Gasteiger partial charge in [-0.1, -0.05) is 66.2 Å². The van der Waals surface area contributed by atoms with E-state index >= 15 is 0 Å². The Morgan fingerprint density at radius 3 is 2.18 bits per heavy atom. The van der Waals surface area contributed by atoms with Crippen LogP contribution in [0.3, 0.4) is 0 Å². The van der Waals surface area contributed by atoms with Gasteiger partial charge in [0.05, 0.1) is 0 Å². The summed E-state index contributed by atoms with van der Waals surface area (Å²) in [5, 5.41) is 0. The highest BCUT2D eigenvalue weighted by Gasteiger charge is 2.14. The van der Waals surface area contributed by atoms with Crippen LogP contribution in [-0.2, 0) is 0 Å². The van der Waals surface area contributed by atoms with Gasteiger partial charge in [0.25, 0.3) is 0 Å². The van der Waals surface area contributed by atoms with Gasteiger partial charge in [0.2, 0.25) is 0 Å². The molecule has 0 aliphatic rings. The molecular formula is C14H32N2S. The van der Waals surface area contributed by atoms with Crippen LogP contribution in [0.15, 0.2) is 0 Å². The van der Waals surface area contributed by atoms with Gasteiger partial charge in [-0.05, 0) is 6.42 Å². The number of hydrogen-bond donors (Lipinski definition) is 2. The van der Waals surface area contributed by atoms with E-state index in [2.05, 4.69) is 33.1 Å². The fourth-order valence-corrected chi connectivity index (χ4v) is 2.70. The molecule has 3 heteroatoms. The average Bonchev–Trinajstić information content (AvgIpc) is 2.26. The first-order chi connectivity index (χ1) is 7.99. The summed E-state index contributed by atoms with van der Waals surface area (Å²) in [7, 11) is 0. The van der Waals surface area contributed by atoms with Crippen LogP contribution in [0.2, 0.25) is 0 Å². The molecule has 0 saturated heterocycles. The van der Waals surface area contributed by atoms with E-state index in [1.165, 1.54) is 44.9 Å². The van der Waals surface area contributed by atoms with E-state index in [-0.39, 0.29) is 0 Å². The Bertz CT molecular complexity index is 166. The van der Waals surface area contributed by atoms with Crippen LogP contribution < -0.4 is 11.3 Å². The second kappa shape index (κ2) is 10.2. The third-order valence-corrected chi connectivity index (χ3v) is 4.29. The van der Waals surface area contributed by atoms with Gasteiger partial charge in [0.15, 0.2) is 0 Å². The Labute approximate surface area is 112 Å². The summed E-state index contributed by atoms with van der Waals surface area (Å²) in [5.41, 5.74) is 2.96. The number of nitrogens with one attached hydrogen (secondary N) is 1. The molecule has 0 fully saturated rings. The van der Waals surface area contributed by atoms with Crippen LogP contribution in [0.4, 0.5) is 0 Å². The van der Waals surface area contributed by atoms with E-state index in [9.17, 15) is 0 Å². The van der Waals surface area contributed by atoms with E-state index in [0.717, 1.165) is 5.75 Å². The molecule has 104 valence electrons. The van der Waals surface area contributed by atoms with Crippen molar-refractivity contribution in [1.82, 2.24) is 5.43 Å². The summed E-state index contributed by atoms with van der Waals surface area (Å²) in [6, 6.07) is 0.477. The van der Waals surface area contributed by atoms with Crippen molar-refractivity contribution in [3.05, 3.63) is 0 Å². The molecule has 0 amide bonds. The number of hydrogen-bond acceptors (Lipinski definition) is 3. The molecule has 0 aliphatic carbocycles. The molecule has 1 atom stereocenters. The molecule has 0 heterocycles. The molecule has 0 aromatic heterocycles. The smallest absolute Gasteiger partial charge is 0.0301 e.